The van der Waals surface area contributed by atoms with Gasteiger partial charge in [-0.1, -0.05) is 11.3 Å². The maximum absolute atomic E-state index is 11.2. The normalized spacial score (nSPS) is 24.8. The van der Waals surface area contributed by atoms with Crippen molar-refractivity contribution < 1.29 is 13.2 Å². The van der Waals surface area contributed by atoms with E-state index in [1.54, 1.807) is 0 Å². The molecule has 0 aromatic carbocycles. The molecule has 1 saturated heterocycles. The first-order chi connectivity index (χ1) is 9.52. The molecule has 2 fully saturated rings. The first-order valence-corrected chi connectivity index (χ1v) is 8.97. The van der Waals surface area contributed by atoms with Crippen LogP contribution in [0.4, 0.5) is 5.13 Å². The zero-order valence-electron chi connectivity index (χ0n) is 11.0. The van der Waals surface area contributed by atoms with Crippen molar-refractivity contribution in [2.24, 2.45) is 5.14 Å². The molecule has 2 heterocycles. The molecule has 7 nitrogen and oxygen atoms in total. The van der Waals surface area contributed by atoms with Gasteiger partial charge in [-0.2, -0.15) is 0 Å². The number of nitrogens with zero attached hydrogens (tertiary/aromatic N) is 2. The third kappa shape index (κ3) is 3.47. The van der Waals surface area contributed by atoms with Crippen LogP contribution in [0.15, 0.2) is 10.4 Å². The maximum atomic E-state index is 11.2. The lowest BCUT2D eigenvalue weighted by Crippen LogP contribution is -2.46. The number of nitrogens with one attached hydrogen (secondary N) is 1. The summed E-state index contributed by atoms with van der Waals surface area (Å²) in [6.45, 7) is 3.31. The lowest BCUT2D eigenvalue weighted by atomic mass is 10.2. The molecule has 9 heteroatoms. The lowest BCUT2D eigenvalue weighted by molar-refractivity contribution is -0.0241. The van der Waals surface area contributed by atoms with Crippen LogP contribution in [0.1, 0.15) is 12.8 Å². The van der Waals surface area contributed by atoms with E-state index in [2.05, 4.69) is 15.2 Å². The molecule has 20 heavy (non-hydrogen) atoms. The number of morpholine rings is 1. The Labute approximate surface area is 122 Å². The Bertz CT molecular complexity index is 570. The number of anilines is 1. The van der Waals surface area contributed by atoms with Gasteiger partial charge in [0, 0.05) is 25.7 Å². The van der Waals surface area contributed by atoms with Gasteiger partial charge in [0.2, 0.25) is 10.0 Å². The molecule has 1 unspecified atom stereocenters. The van der Waals surface area contributed by atoms with Crippen molar-refractivity contribution in [1.29, 1.82) is 0 Å². The Morgan fingerprint density at radius 2 is 2.35 bits per heavy atom. The number of hydrogen-bond donors (Lipinski definition) is 2. The fourth-order valence-corrected chi connectivity index (χ4v) is 3.77. The van der Waals surface area contributed by atoms with Crippen LogP contribution >= 0.6 is 11.3 Å². The molecule has 1 aromatic heterocycles. The van der Waals surface area contributed by atoms with Crippen LogP contribution in [0.2, 0.25) is 0 Å². The van der Waals surface area contributed by atoms with Gasteiger partial charge in [0.25, 0.3) is 0 Å². The summed E-state index contributed by atoms with van der Waals surface area (Å²) in [7, 11) is -3.66. The highest BCUT2D eigenvalue weighted by atomic mass is 32.2. The summed E-state index contributed by atoms with van der Waals surface area (Å²) < 4.78 is 28.1. The van der Waals surface area contributed by atoms with Gasteiger partial charge in [0.1, 0.15) is 0 Å². The summed E-state index contributed by atoms with van der Waals surface area (Å²) in [5.74, 6) is 0. The van der Waals surface area contributed by atoms with Crippen LogP contribution in [0, 0.1) is 0 Å². The van der Waals surface area contributed by atoms with Crippen molar-refractivity contribution >= 4 is 26.5 Å². The molecule has 0 bridgehead atoms. The zero-order chi connectivity index (χ0) is 14.2. The van der Waals surface area contributed by atoms with Gasteiger partial charge in [-0.3, -0.25) is 4.90 Å². The number of rotatable bonds is 5. The Kier molecular flexibility index (Phi) is 3.95. The summed E-state index contributed by atoms with van der Waals surface area (Å²) in [5.41, 5.74) is 0. The number of ether oxygens (including phenoxy) is 1. The molecule has 1 aliphatic heterocycles. The van der Waals surface area contributed by atoms with E-state index in [4.69, 9.17) is 9.88 Å². The van der Waals surface area contributed by atoms with Gasteiger partial charge in [0.05, 0.1) is 18.9 Å². The van der Waals surface area contributed by atoms with Crippen LogP contribution < -0.4 is 10.5 Å². The Morgan fingerprint density at radius 3 is 3.00 bits per heavy atom. The maximum Gasteiger partial charge on any atom is 0.249 e. The monoisotopic (exact) mass is 318 g/mol. The molecule has 112 valence electrons. The molecule has 2 aliphatic rings. The van der Waals surface area contributed by atoms with Crippen molar-refractivity contribution in [3.05, 3.63) is 6.20 Å². The Hall–Kier alpha value is -0.740. The fraction of sp³-hybridized carbons (Fsp3) is 0.727. The highest BCUT2D eigenvalue weighted by Gasteiger charge is 2.32. The van der Waals surface area contributed by atoms with E-state index in [9.17, 15) is 8.42 Å². The second-order valence-electron chi connectivity index (χ2n) is 5.13. The molecular weight excluding hydrogens is 300 g/mol. The molecule has 1 atom stereocenters. The van der Waals surface area contributed by atoms with Gasteiger partial charge in [-0.05, 0) is 12.8 Å². The van der Waals surface area contributed by atoms with Crippen LogP contribution in [-0.4, -0.2) is 56.7 Å². The largest absolute Gasteiger partial charge is 0.374 e. The number of thiazole rings is 1. The Morgan fingerprint density at radius 1 is 1.55 bits per heavy atom. The highest BCUT2D eigenvalue weighted by Crippen LogP contribution is 2.28. The van der Waals surface area contributed by atoms with Gasteiger partial charge in [-0.25, -0.2) is 18.5 Å². The standard InChI is InChI=1S/C11H18N4O3S2/c12-20(16,17)10-6-14-11(19-10)13-5-9-7-15(3-4-18-9)8-1-2-8/h6,8-9H,1-5,7H2,(H,13,14)(H2,12,16,17). The first-order valence-electron chi connectivity index (χ1n) is 6.60. The molecule has 1 aliphatic carbocycles. The van der Waals surface area contributed by atoms with Crippen LogP contribution in [0.5, 0.6) is 0 Å². The summed E-state index contributed by atoms with van der Waals surface area (Å²) in [6, 6.07) is 0.746. The van der Waals surface area contributed by atoms with Crippen molar-refractivity contribution in [2.75, 3.05) is 31.6 Å². The predicted molar refractivity (Wildman–Crippen MR) is 76.3 cm³/mol. The van der Waals surface area contributed by atoms with Crippen molar-refractivity contribution in [1.82, 2.24) is 9.88 Å². The summed E-state index contributed by atoms with van der Waals surface area (Å²) >= 11 is 1.04. The minimum absolute atomic E-state index is 0.0733. The van der Waals surface area contributed by atoms with Crippen LogP contribution in [-0.2, 0) is 14.8 Å². The number of nitrogens with two attached hydrogens (primary N) is 1. The molecular formula is C11H18N4O3S2. The second kappa shape index (κ2) is 5.57. The van der Waals surface area contributed by atoms with E-state index >= 15 is 0 Å². The smallest absolute Gasteiger partial charge is 0.249 e. The Balaban J connectivity index is 1.52. The molecule has 3 rings (SSSR count). The topological polar surface area (TPSA) is 97.6 Å². The number of hydrogen-bond acceptors (Lipinski definition) is 7. The molecule has 3 N–H and O–H groups in total. The van der Waals surface area contributed by atoms with Gasteiger partial charge >= 0.3 is 0 Å². The summed E-state index contributed by atoms with van der Waals surface area (Å²) in [5, 5.41) is 8.73. The second-order valence-corrected chi connectivity index (χ2v) is 7.95. The summed E-state index contributed by atoms with van der Waals surface area (Å²) in [6.07, 6.45) is 3.99. The van der Waals surface area contributed by atoms with Crippen molar-refractivity contribution in [2.45, 2.75) is 29.2 Å². The van der Waals surface area contributed by atoms with Gasteiger partial charge < -0.3 is 10.1 Å². The fourth-order valence-electron chi connectivity index (χ4n) is 2.31. The minimum Gasteiger partial charge on any atom is -0.374 e. The predicted octanol–water partition coefficient (Wildman–Crippen LogP) is 0.0656. The average molecular weight is 318 g/mol. The number of primary sulfonamides is 1. The van der Waals surface area contributed by atoms with E-state index in [-0.39, 0.29) is 10.3 Å². The molecule has 0 radical (unpaired) electrons. The zero-order valence-corrected chi connectivity index (χ0v) is 12.6. The lowest BCUT2D eigenvalue weighted by Gasteiger charge is -2.33. The minimum atomic E-state index is -3.66. The molecule has 1 aromatic rings. The average Bonchev–Trinajstić information content (AvgIpc) is 3.14. The quantitative estimate of drug-likeness (QED) is 0.797. The van der Waals surface area contributed by atoms with Crippen molar-refractivity contribution in [3.8, 4) is 0 Å². The molecule has 1 saturated carbocycles. The van der Waals surface area contributed by atoms with E-state index in [1.165, 1.54) is 19.0 Å². The van der Waals surface area contributed by atoms with Crippen molar-refractivity contribution in [3.63, 3.8) is 0 Å². The van der Waals surface area contributed by atoms with E-state index in [0.717, 1.165) is 37.1 Å². The van der Waals surface area contributed by atoms with E-state index in [1.807, 2.05) is 0 Å². The van der Waals surface area contributed by atoms with E-state index < -0.39 is 10.0 Å². The van der Waals surface area contributed by atoms with Crippen LogP contribution in [0.25, 0.3) is 0 Å². The molecule has 0 spiro atoms. The third-order valence-corrected chi connectivity index (χ3v) is 5.84. The molecule has 0 amide bonds. The first kappa shape index (κ1) is 14.2. The van der Waals surface area contributed by atoms with Gasteiger partial charge in [0.15, 0.2) is 9.34 Å². The highest BCUT2D eigenvalue weighted by molar-refractivity contribution is 7.91. The van der Waals surface area contributed by atoms with E-state index in [0.29, 0.717) is 11.7 Å². The SMILES string of the molecule is NS(=O)(=O)c1cnc(NCC2CN(C3CC3)CCO2)s1. The number of sulfonamides is 1. The van der Waals surface area contributed by atoms with Crippen LogP contribution in [0.3, 0.4) is 0 Å². The third-order valence-electron chi connectivity index (χ3n) is 3.48. The van der Waals surface area contributed by atoms with Gasteiger partial charge in [-0.15, -0.1) is 0 Å². The summed E-state index contributed by atoms with van der Waals surface area (Å²) in [4.78, 5) is 6.48. The number of aromatic nitrogens is 1.